The van der Waals surface area contributed by atoms with Gasteiger partial charge in [-0.2, -0.15) is 0 Å². The molecule has 6 nitrogen and oxygen atoms in total. The van der Waals surface area contributed by atoms with Crippen LogP contribution in [0.4, 0.5) is 4.79 Å². The van der Waals surface area contributed by atoms with Crippen LogP contribution in [-0.4, -0.2) is 46.8 Å². The minimum Gasteiger partial charge on any atom is -0.466 e. The lowest BCUT2D eigenvalue weighted by atomic mass is 9.77. The van der Waals surface area contributed by atoms with Gasteiger partial charge in [0, 0.05) is 18.9 Å². The van der Waals surface area contributed by atoms with E-state index in [0.29, 0.717) is 18.4 Å². The highest BCUT2D eigenvalue weighted by molar-refractivity contribution is 5.94. The van der Waals surface area contributed by atoms with E-state index in [1.165, 1.54) is 12.5 Å². The Kier molecular flexibility index (Phi) is 6.35. The number of aromatic nitrogens is 1. The van der Waals surface area contributed by atoms with Gasteiger partial charge < -0.3 is 9.47 Å². The first-order valence-electron chi connectivity index (χ1n) is 11.9. The normalized spacial score (nSPS) is 22.2. The predicted molar refractivity (Wildman–Crippen MR) is 125 cm³/mol. The summed E-state index contributed by atoms with van der Waals surface area (Å²) in [4.78, 5) is 27.3. The van der Waals surface area contributed by atoms with Crippen LogP contribution in [0.3, 0.4) is 0 Å². The molecule has 2 aliphatic heterocycles. The molecule has 2 aliphatic rings. The number of esters is 1. The van der Waals surface area contributed by atoms with Gasteiger partial charge in [0.15, 0.2) is 0 Å². The highest BCUT2D eigenvalue weighted by Gasteiger charge is 2.40. The summed E-state index contributed by atoms with van der Waals surface area (Å²) < 4.78 is 13.1. The summed E-state index contributed by atoms with van der Waals surface area (Å²) in [5.41, 5.74) is 2.75. The number of rotatable bonds is 4. The Bertz CT molecular complexity index is 1000. The zero-order chi connectivity index (χ0) is 23.0. The van der Waals surface area contributed by atoms with Crippen LogP contribution in [0.25, 0.3) is 10.9 Å². The van der Waals surface area contributed by atoms with Gasteiger partial charge in [-0.25, -0.2) is 9.36 Å². The average molecular weight is 441 g/mol. The molecule has 174 valence electrons. The molecular formula is C26H36N2O4. The van der Waals surface area contributed by atoms with Crippen molar-refractivity contribution in [3.05, 3.63) is 35.5 Å². The summed E-state index contributed by atoms with van der Waals surface area (Å²) in [5.74, 6) is 0.577. The topological polar surface area (TPSA) is 60.8 Å². The van der Waals surface area contributed by atoms with Crippen LogP contribution in [0.1, 0.15) is 71.2 Å². The smallest absolute Gasteiger partial charge is 0.419 e. The van der Waals surface area contributed by atoms with E-state index in [-0.39, 0.29) is 18.1 Å². The predicted octanol–water partition coefficient (Wildman–Crippen LogP) is 5.32. The number of carbonyl (C=O) groups excluding carboxylic acids is 2. The van der Waals surface area contributed by atoms with E-state index in [1.54, 1.807) is 0 Å². The van der Waals surface area contributed by atoms with Gasteiger partial charge in [0.05, 0.1) is 23.9 Å². The monoisotopic (exact) mass is 440 g/mol. The van der Waals surface area contributed by atoms with E-state index in [1.807, 2.05) is 43.5 Å². The molecule has 1 saturated heterocycles. The first-order valence-corrected chi connectivity index (χ1v) is 11.9. The van der Waals surface area contributed by atoms with Crippen molar-refractivity contribution >= 4 is 23.0 Å². The Morgan fingerprint density at radius 3 is 2.62 bits per heavy atom. The number of hydrogen-bond acceptors (Lipinski definition) is 5. The van der Waals surface area contributed by atoms with Crippen molar-refractivity contribution in [1.29, 1.82) is 0 Å². The van der Waals surface area contributed by atoms with Crippen LogP contribution in [0.5, 0.6) is 0 Å². The van der Waals surface area contributed by atoms with E-state index in [2.05, 4.69) is 17.9 Å². The van der Waals surface area contributed by atoms with Crippen LogP contribution < -0.4 is 0 Å². The van der Waals surface area contributed by atoms with Crippen molar-refractivity contribution in [2.24, 2.45) is 11.8 Å². The van der Waals surface area contributed by atoms with Gasteiger partial charge in [0.2, 0.25) is 0 Å². The summed E-state index contributed by atoms with van der Waals surface area (Å²) >= 11 is 0. The van der Waals surface area contributed by atoms with E-state index in [4.69, 9.17) is 9.47 Å². The lowest BCUT2D eigenvalue weighted by Gasteiger charge is -2.44. The van der Waals surface area contributed by atoms with E-state index >= 15 is 0 Å². The van der Waals surface area contributed by atoms with Crippen molar-refractivity contribution < 1.29 is 19.1 Å². The van der Waals surface area contributed by atoms with Gasteiger partial charge in [-0.05, 0) is 76.5 Å². The lowest BCUT2D eigenvalue weighted by Crippen LogP contribution is -2.44. The lowest BCUT2D eigenvalue weighted by molar-refractivity contribution is -0.143. The molecule has 3 heterocycles. The number of hydrogen-bond donors (Lipinski definition) is 0. The molecular weight excluding hydrogens is 404 g/mol. The number of carbonyl (C=O) groups is 2. The average Bonchev–Trinajstić information content (AvgIpc) is 3.08. The Balaban J connectivity index is 1.73. The summed E-state index contributed by atoms with van der Waals surface area (Å²) in [6.07, 6.45) is 3.68. The quantitative estimate of drug-likeness (QED) is 0.602. The molecule has 1 fully saturated rings. The molecule has 0 saturated carbocycles. The van der Waals surface area contributed by atoms with Crippen molar-refractivity contribution in [1.82, 2.24) is 9.47 Å². The van der Waals surface area contributed by atoms with Crippen molar-refractivity contribution in [3.8, 4) is 0 Å². The van der Waals surface area contributed by atoms with Gasteiger partial charge in [0.1, 0.15) is 5.60 Å². The van der Waals surface area contributed by atoms with E-state index in [9.17, 15) is 9.59 Å². The zero-order valence-electron chi connectivity index (χ0n) is 20.0. The molecule has 0 amide bonds. The molecule has 2 aromatic rings. The van der Waals surface area contributed by atoms with Gasteiger partial charge in [-0.15, -0.1) is 0 Å². The molecule has 3 atom stereocenters. The Morgan fingerprint density at radius 1 is 1.19 bits per heavy atom. The second-order valence-electron chi connectivity index (χ2n) is 10.3. The SMILES string of the molecule is CCC(COC(C)=O)[C@H]1CCN2CCc3c(n(C(=O)OC(C)(C)C)c4ccccc34)[C@@H]2C1. The maximum Gasteiger partial charge on any atom is 0.419 e. The first-order chi connectivity index (χ1) is 15.2. The molecule has 0 spiro atoms. The second-order valence-corrected chi connectivity index (χ2v) is 10.3. The highest BCUT2D eigenvalue weighted by atomic mass is 16.6. The van der Waals surface area contributed by atoms with Gasteiger partial charge in [-0.1, -0.05) is 25.1 Å². The molecule has 1 unspecified atom stereocenters. The molecule has 4 rings (SSSR count). The molecule has 6 heteroatoms. The minimum atomic E-state index is -0.559. The summed E-state index contributed by atoms with van der Waals surface area (Å²) in [6, 6.07) is 8.36. The van der Waals surface area contributed by atoms with Gasteiger partial charge >= 0.3 is 12.1 Å². The molecule has 0 radical (unpaired) electrons. The maximum atomic E-state index is 13.4. The fraction of sp³-hybridized carbons (Fsp3) is 0.615. The van der Waals surface area contributed by atoms with Crippen LogP contribution in [-0.2, 0) is 20.7 Å². The van der Waals surface area contributed by atoms with E-state index < -0.39 is 5.60 Å². The Morgan fingerprint density at radius 2 is 1.94 bits per heavy atom. The molecule has 0 N–H and O–H groups in total. The van der Waals surface area contributed by atoms with E-state index in [0.717, 1.165) is 55.4 Å². The number of ether oxygens (including phenoxy) is 2. The van der Waals surface area contributed by atoms with Crippen LogP contribution >= 0.6 is 0 Å². The highest BCUT2D eigenvalue weighted by Crippen LogP contribution is 2.45. The largest absolute Gasteiger partial charge is 0.466 e. The molecule has 1 aromatic carbocycles. The first kappa shape index (κ1) is 22.8. The number of piperidine rings is 1. The van der Waals surface area contributed by atoms with Gasteiger partial charge in [-0.3, -0.25) is 9.69 Å². The third-order valence-electron chi connectivity index (χ3n) is 7.01. The number of para-hydroxylation sites is 1. The summed E-state index contributed by atoms with van der Waals surface area (Å²) in [6.45, 7) is 11.9. The number of benzene rings is 1. The Hall–Kier alpha value is -2.34. The molecule has 32 heavy (non-hydrogen) atoms. The van der Waals surface area contributed by atoms with Crippen LogP contribution in [0.15, 0.2) is 24.3 Å². The third-order valence-corrected chi connectivity index (χ3v) is 7.01. The third kappa shape index (κ3) is 4.42. The zero-order valence-corrected chi connectivity index (χ0v) is 20.0. The number of nitrogens with zero attached hydrogens (tertiary/aromatic N) is 2. The standard InChI is InChI=1S/C26H36N2O4/c1-6-18(16-31-17(2)29)19-11-13-27-14-12-21-20-9-7-8-10-22(20)28(24(21)23(27)15-19)25(30)32-26(3,4)5/h7-10,18-19,23H,6,11-16H2,1-5H3/t18?,19-,23-/m0/s1. The van der Waals surface area contributed by atoms with Crippen LogP contribution in [0.2, 0.25) is 0 Å². The minimum absolute atomic E-state index is 0.170. The molecule has 0 bridgehead atoms. The maximum absolute atomic E-state index is 13.4. The van der Waals surface area contributed by atoms with Crippen molar-refractivity contribution in [3.63, 3.8) is 0 Å². The van der Waals surface area contributed by atoms with Crippen molar-refractivity contribution in [2.75, 3.05) is 19.7 Å². The summed E-state index contributed by atoms with van der Waals surface area (Å²) in [7, 11) is 0. The van der Waals surface area contributed by atoms with Crippen molar-refractivity contribution in [2.45, 2.75) is 71.9 Å². The van der Waals surface area contributed by atoms with Gasteiger partial charge in [0.25, 0.3) is 0 Å². The molecule has 1 aromatic heterocycles. The second kappa shape index (κ2) is 8.89. The van der Waals surface area contributed by atoms with Crippen LogP contribution in [0, 0.1) is 11.8 Å². The fourth-order valence-electron chi connectivity index (χ4n) is 5.53. The fourth-order valence-corrected chi connectivity index (χ4v) is 5.53. The molecule has 0 aliphatic carbocycles. The number of fused-ring (bicyclic) bond motifs is 5. The Labute approximate surface area is 190 Å². The summed E-state index contributed by atoms with van der Waals surface area (Å²) in [5, 5.41) is 1.15.